The molecule has 1 heterocycles. The number of aromatic nitrogens is 2. The topological polar surface area (TPSA) is 64.2 Å². The van der Waals surface area contributed by atoms with E-state index in [9.17, 15) is 14.7 Å². The van der Waals surface area contributed by atoms with E-state index in [1.165, 1.54) is 11.6 Å². The minimum absolute atomic E-state index is 0.193. The first-order chi connectivity index (χ1) is 14.5. The predicted molar refractivity (Wildman–Crippen MR) is 119 cm³/mol. The fourth-order valence-electron chi connectivity index (χ4n) is 3.72. The van der Waals surface area contributed by atoms with Gasteiger partial charge in [-0.25, -0.2) is 9.59 Å². The molecule has 152 valence electrons. The van der Waals surface area contributed by atoms with E-state index >= 15 is 0 Å². The summed E-state index contributed by atoms with van der Waals surface area (Å²) in [5.41, 5.74) is 4.18. The Hall–Kier alpha value is -3.31. The van der Waals surface area contributed by atoms with E-state index < -0.39 is 5.97 Å². The zero-order chi connectivity index (χ0) is 21.3. The van der Waals surface area contributed by atoms with Gasteiger partial charge in [-0.3, -0.25) is 9.13 Å². The summed E-state index contributed by atoms with van der Waals surface area (Å²) in [4.78, 5) is 24.7. The first kappa shape index (κ1) is 20.0. The Kier molecular flexibility index (Phi) is 5.46. The lowest BCUT2D eigenvalue weighted by Crippen LogP contribution is -2.23. The maximum atomic E-state index is 13.4. The Labute approximate surface area is 178 Å². The van der Waals surface area contributed by atoms with Crippen molar-refractivity contribution in [3.63, 3.8) is 0 Å². The number of carbonyl (C=O) groups is 1. The number of halogens is 1. The van der Waals surface area contributed by atoms with Gasteiger partial charge in [-0.2, -0.15) is 0 Å². The van der Waals surface area contributed by atoms with E-state index in [0.29, 0.717) is 10.5 Å². The van der Waals surface area contributed by atoms with Crippen LogP contribution in [0.15, 0.2) is 71.5 Å². The molecule has 3 aromatic carbocycles. The molecule has 0 amide bonds. The largest absolute Gasteiger partial charge is 0.478 e. The van der Waals surface area contributed by atoms with Gasteiger partial charge in [0.05, 0.1) is 28.8 Å². The molecule has 0 radical (unpaired) electrons. The summed E-state index contributed by atoms with van der Waals surface area (Å²) in [5, 5.41) is 9.80. The van der Waals surface area contributed by atoms with Gasteiger partial charge in [-0.15, -0.1) is 0 Å². The zero-order valence-electron chi connectivity index (χ0n) is 16.5. The van der Waals surface area contributed by atoms with Crippen molar-refractivity contribution in [2.75, 3.05) is 0 Å². The molecule has 0 aliphatic heterocycles. The van der Waals surface area contributed by atoms with Crippen molar-refractivity contribution in [2.45, 2.75) is 26.3 Å². The highest BCUT2D eigenvalue weighted by atomic mass is 35.5. The van der Waals surface area contributed by atoms with Crippen LogP contribution in [0.5, 0.6) is 0 Å². The normalized spacial score (nSPS) is 11.1. The summed E-state index contributed by atoms with van der Waals surface area (Å²) < 4.78 is 3.30. The number of hydrogen-bond donors (Lipinski definition) is 1. The highest BCUT2D eigenvalue weighted by molar-refractivity contribution is 6.31. The van der Waals surface area contributed by atoms with Gasteiger partial charge in [0.1, 0.15) is 0 Å². The van der Waals surface area contributed by atoms with E-state index in [2.05, 4.69) is 6.92 Å². The third-order valence-electron chi connectivity index (χ3n) is 5.14. The van der Waals surface area contributed by atoms with Gasteiger partial charge in [-0.1, -0.05) is 49.2 Å². The standard InChI is InChI=1S/C24H21ClN2O3/c1-2-4-16-7-10-20(11-8-16)27-22-14-19(25)9-12-21(22)26(24(27)30)15-17-5-3-6-18(13-17)23(28)29/h3,5-14H,2,4,15H2,1H3,(H,28,29). The number of rotatable bonds is 6. The number of aromatic carboxylic acids is 1. The number of carboxylic acid groups (broad SMARTS) is 1. The second-order valence-corrected chi connectivity index (χ2v) is 7.70. The molecule has 0 aliphatic rings. The Balaban J connectivity index is 1.85. The molecule has 1 aromatic heterocycles. The summed E-state index contributed by atoms with van der Waals surface area (Å²) in [5.74, 6) is -0.995. The molecule has 0 spiro atoms. The fraction of sp³-hybridized carbons (Fsp3) is 0.167. The minimum atomic E-state index is -0.995. The molecule has 6 heteroatoms. The predicted octanol–water partition coefficient (Wildman–Crippen LogP) is 5.14. The van der Waals surface area contributed by atoms with Crippen LogP contribution >= 0.6 is 11.6 Å². The monoisotopic (exact) mass is 420 g/mol. The molecular weight excluding hydrogens is 400 g/mol. The van der Waals surface area contributed by atoms with Crippen LogP contribution in [0.4, 0.5) is 0 Å². The van der Waals surface area contributed by atoms with Gasteiger partial charge in [0, 0.05) is 5.02 Å². The molecule has 30 heavy (non-hydrogen) atoms. The van der Waals surface area contributed by atoms with Crippen molar-refractivity contribution < 1.29 is 9.90 Å². The lowest BCUT2D eigenvalue weighted by Gasteiger charge is -2.06. The summed E-state index contributed by atoms with van der Waals surface area (Å²) in [6.07, 6.45) is 2.05. The fourth-order valence-corrected chi connectivity index (χ4v) is 3.89. The van der Waals surface area contributed by atoms with Crippen LogP contribution < -0.4 is 5.69 Å². The molecule has 0 atom stereocenters. The maximum Gasteiger partial charge on any atom is 0.335 e. The van der Waals surface area contributed by atoms with Crippen molar-refractivity contribution >= 4 is 28.6 Å². The van der Waals surface area contributed by atoms with Gasteiger partial charge in [0.25, 0.3) is 0 Å². The van der Waals surface area contributed by atoms with E-state index in [1.54, 1.807) is 33.4 Å². The first-order valence-corrected chi connectivity index (χ1v) is 10.2. The number of imidazole rings is 1. The van der Waals surface area contributed by atoms with Crippen molar-refractivity contribution in [3.05, 3.63) is 98.9 Å². The Morgan fingerprint density at radius 2 is 1.73 bits per heavy atom. The molecule has 0 aliphatic carbocycles. The summed E-state index contributed by atoms with van der Waals surface area (Å²) >= 11 is 6.23. The molecule has 4 aromatic rings. The van der Waals surface area contributed by atoms with Gasteiger partial charge >= 0.3 is 11.7 Å². The Bertz CT molecular complexity index is 1290. The SMILES string of the molecule is CCCc1ccc(-n2c(=O)n(Cc3cccc(C(=O)O)c3)c3ccc(Cl)cc32)cc1. The number of fused-ring (bicyclic) bond motifs is 1. The van der Waals surface area contributed by atoms with Crippen molar-refractivity contribution in [2.24, 2.45) is 0 Å². The van der Waals surface area contributed by atoms with E-state index in [0.717, 1.165) is 29.6 Å². The summed E-state index contributed by atoms with van der Waals surface area (Å²) in [6, 6.07) is 20.0. The van der Waals surface area contributed by atoms with E-state index in [-0.39, 0.29) is 17.8 Å². The van der Waals surface area contributed by atoms with Gasteiger partial charge < -0.3 is 5.11 Å². The van der Waals surface area contributed by atoms with Crippen LogP contribution in [-0.4, -0.2) is 20.2 Å². The van der Waals surface area contributed by atoms with Crippen LogP contribution in [0.2, 0.25) is 5.02 Å². The van der Waals surface area contributed by atoms with Crippen LogP contribution in [0.3, 0.4) is 0 Å². The van der Waals surface area contributed by atoms with E-state index in [4.69, 9.17) is 11.6 Å². The second-order valence-electron chi connectivity index (χ2n) is 7.26. The average molecular weight is 421 g/mol. The molecule has 0 saturated carbocycles. The quantitative estimate of drug-likeness (QED) is 0.469. The number of aryl methyl sites for hydroxylation is 1. The van der Waals surface area contributed by atoms with Crippen LogP contribution in [0.25, 0.3) is 16.7 Å². The van der Waals surface area contributed by atoms with Crippen molar-refractivity contribution in [1.82, 2.24) is 9.13 Å². The third-order valence-corrected chi connectivity index (χ3v) is 5.37. The highest BCUT2D eigenvalue weighted by Crippen LogP contribution is 2.23. The maximum absolute atomic E-state index is 13.4. The van der Waals surface area contributed by atoms with Crippen LogP contribution in [0.1, 0.15) is 34.8 Å². The van der Waals surface area contributed by atoms with Crippen LogP contribution in [0, 0.1) is 0 Å². The molecule has 0 bridgehead atoms. The molecule has 4 rings (SSSR count). The number of nitrogens with zero attached hydrogens (tertiary/aromatic N) is 2. The summed E-state index contributed by atoms with van der Waals surface area (Å²) in [6.45, 7) is 2.40. The van der Waals surface area contributed by atoms with Crippen molar-refractivity contribution in [3.8, 4) is 5.69 Å². The average Bonchev–Trinajstić information content (AvgIpc) is 3.00. The molecule has 0 saturated heterocycles. The van der Waals surface area contributed by atoms with Crippen LogP contribution in [-0.2, 0) is 13.0 Å². The summed E-state index contributed by atoms with van der Waals surface area (Å²) in [7, 11) is 0. The molecular formula is C24H21ClN2O3. The lowest BCUT2D eigenvalue weighted by atomic mass is 10.1. The highest BCUT2D eigenvalue weighted by Gasteiger charge is 2.16. The molecule has 0 unspecified atom stereocenters. The van der Waals surface area contributed by atoms with Gasteiger partial charge in [0.2, 0.25) is 0 Å². The Morgan fingerprint density at radius 3 is 2.43 bits per heavy atom. The smallest absolute Gasteiger partial charge is 0.335 e. The molecule has 0 fully saturated rings. The van der Waals surface area contributed by atoms with Crippen molar-refractivity contribution in [1.29, 1.82) is 0 Å². The number of carboxylic acids is 1. The second kappa shape index (κ2) is 8.20. The number of benzene rings is 3. The third kappa shape index (κ3) is 3.76. The lowest BCUT2D eigenvalue weighted by molar-refractivity contribution is 0.0696. The number of hydrogen-bond acceptors (Lipinski definition) is 2. The van der Waals surface area contributed by atoms with Gasteiger partial charge in [0.15, 0.2) is 0 Å². The Morgan fingerprint density at radius 1 is 0.967 bits per heavy atom. The van der Waals surface area contributed by atoms with Gasteiger partial charge in [-0.05, 0) is 60.0 Å². The molecule has 5 nitrogen and oxygen atoms in total. The zero-order valence-corrected chi connectivity index (χ0v) is 17.3. The molecule has 1 N–H and O–H groups in total. The van der Waals surface area contributed by atoms with E-state index in [1.807, 2.05) is 36.4 Å². The first-order valence-electron chi connectivity index (χ1n) is 9.80. The minimum Gasteiger partial charge on any atom is -0.478 e.